The van der Waals surface area contributed by atoms with Crippen molar-refractivity contribution in [3.8, 4) is 34.1 Å². The Labute approximate surface area is 122 Å². The lowest BCUT2D eigenvalue weighted by atomic mass is 9.98. The molecule has 2 N–H and O–H groups in total. The second-order valence-electron chi connectivity index (χ2n) is 4.28. The molecule has 0 atom stereocenters. The fourth-order valence-electron chi connectivity index (χ4n) is 2.17. The zero-order valence-electron chi connectivity index (χ0n) is 11.4. The van der Waals surface area contributed by atoms with Crippen LogP contribution in [0.15, 0.2) is 24.3 Å². The Bertz CT molecular complexity index is 595. The first kappa shape index (κ1) is 14.3. The molecule has 106 valence electrons. The number of hydrogen-bond donors (Lipinski definition) is 2. The average Bonchev–Trinajstić information content (AvgIpc) is 2.43. The van der Waals surface area contributed by atoms with Crippen LogP contribution in [0.2, 0.25) is 5.02 Å². The van der Waals surface area contributed by atoms with Crippen molar-refractivity contribution in [2.24, 2.45) is 0 Å². The van der Waals surface area contributed by atoms with Crippen molar-refractivity contribution in [1.29, 1.82) is 0 Å². The molecule has 0 fully saturated rings. The van der Waals surface area contributed by atoms with E-state index in [0.717, 1.165) is 5.56 Å². The lowest BCUT2D eigenvalue weighted by Crippen LogP contribution is -1.95. The summed E-state index contributed by atoms with van der Waals surface area (Å²) >= 11 is 6.08. The summed E-state index contributed by atoms with van der Waals surface area (Å²) < 4.78 is 10.6. The molecule has 0 heterocycles. The van der Waals surface area contributed by atoms with Gasteiger partial charge in [-0.25, -0.2) is 0 Å². The number of hydrogen-bond acceptors (Lipinski definition) is 4. The van der Waals surface area contributed by atoms with Crippen LogP contribution in [0.5, 0.6) is 23.0 Å². The van der Waals surface area contributed by atoms with E-state index in [-0.39, 0.29) is 17.2 Å². The van der Waals surface area contributed by atoms with Crippen LogP contribution in [0.25, 0.3) is 11.1 Å². The second-order valence-corrected chi connectivity index (χ2v) is 4.69. The molecule has 0 saturated heterocycles. The molecule has 4 nitrogen and oxygen atoms in total. The second kappa shape index (κ2) is 5.51. The van der Waals surface area contributed by atoms with Gasteiger partial charge in [0, 0.05) is 0 Å². The lowest BCUT2D eigenvalue weighted by molar-refractivity contribution is 0.399. The van der Waals surface area contributed by atoms with Crippen molar-refractivity contribution in [3.63, 3.8) is 0 Å². The topological polar surface area (TPSA) is 58.9 Å². The van der Waals surface area contributed by atoms with E-state index in [1.54, 1.807) is 6.07 Å². The Balaban J connectivity index is 2.88. The van der Waals surface area contributed by atoms with E-state index < -0.39 is 0 Å². The summed E-state index contributed by atoms with van der Waals surface area (Å²) in [7, 11) is 2.95. The predicted octanol–water partition coefficient (Wildman–Crippen LogP) is 3.74. The van der Waals surface area contributed by atoms with Gasteiger partial charge in [0.1, 0.15) is 23.0 Å². The molecule has 0 spiro atoms. The Morgan fingerprint density at radius 3 is 1.90 bits per heavy atom. The molecular weight excluding hydrogens is 280 g/mol. The number of methoxy groups -OCH3 is 2. The number of benzene rings is 2. The third-order valence-corrected chi connectivity index (χ3v) is 3.38. The molecule has 0 unspecified atom stereocenters. The molecule has 0 bridgehead atoms. The van der Waals surface area contributed by atoms with Crippen molar-refractivity contribution in [3.05, 3.63) is 34.9 Å². The number of rotatable bonds is 3. The standard InChI is InChI=1S/C15H15ClO4/c1-8-4-6-10(17)12(14(8)19-2)13-11(18)7-5-9(16)15(13)20-3/h4-7,17-18H,1-3H3. The molecule has 0 aromatic heterocycles. The summed E-state index contributed by atoms with van der Waals surface area (Å²) in [5, 5.41) is 20.6. The van der Waals surface area contributed by atoms with Gasteiger partial charge in [0.2, 0.25) is 0 Å². The van der Waals surface area contributed by atoms with Crippen molar-refractivity contribution >= 4 is 11.6 Å². The summed E-state index contributed by atoms with van der Waals surface area (Å²) in [5.41, 5.74) is 1.48. The van der Waals surface area contributed by atoms with Crippen LogP contribution in [0.1, 0.15) is 5.56 Å². The van der Waals surface area contributed by atoms with Gasteiger partial charge in [0.05, 0.1) is 30.4 Å². The molecule has 2 rings (SSSR count). The van der Waals surface area contributed by atoms with E-state index in [4.69, 9.17) is 21.1 Å². The van der Waals surface area contributed by atoms with Gasteiger partial charge < -0.3 is 19.7 Å². The molecule has 0 saturated carbocycles. The van der Waals surface area contributed by atoms with E-state index in [9.17, 15) is 10.2 Å². The summed E-state index contributed by atoms with van der Waals surface area (Å²) in [6.07, 6.45) is 0. The lowest BCUT2D eigenvalue weighted by Gasteiger charge is -2.17. The first-order chi connectivity index (χ1) is 9.51. The molecule has 2 aromatic carbocycles. The zero-order chi connectivity index (χ0) is 14.9. The number of halogens is 1. The number of aromatic hydroxyl groups is 2. The maximum atomic E-state index is 10.1. The van der Waals surface area contributed by atoms with Gasteiger partial charge in [-0.2, -0.15) is 0 Å². The summed E-state index contributed by atoms with van der Waals surface area (Å²) in [6.45, 7) is 1.84. The Morgan fingerprint density at radius 2 is 1.35 bits per heavy atom. The highest BCUT2D eigenvalue weighted by Gasteiger charge is 2.22. The van der Waals surface area contributed by atoms with Gasteiger partial charge in [-0.15, -0.1) is 0 Å². The largest absolute Gasteiger partial charge is 0.507 e. The smallest absolute Gasteiger partial charge is 0.149 e. The number of phenolic OH excluding ortho intramolecular Hbond substituents is 2. The third-order valence-electron chi connectivity index (χ3n) is 3.08. The predicted molar refractivity (Wildman–Crippen MR) is 78.1 cm³/mol. The minimum Gasteiger partial charge on any atom is -0.507 e. The van der Waals surface area contributed by atoms with Crippen molar-refractivity contribution in [1.82, 2.24) is 0 Å². The Hall–Kier alpha value is -2.07. The van der Waals surface area contributed by atoms with E-state index in [1.807, 2.05) is 6.92 Å². The summed E-state index contributed by atoms with van der Waals surface area (Å²) in [4.78, 5) is 0. The quantitative estimate of drug-likeness (QED) is 0.905. The fraction of sp³-hybridized carbons (Fsp3) is 0.200. The van der Waals surface area contributed by atoms with Gasteiger partial charge in [0.25, 0.3) is 0 Å². The van der Waals surface area contributed by atoms with Gasteiger partial charge >= 0.3 is 0 Å². The van der Waals surface area contributed by atoms with E-state index in [2.05, 4.69) is 0 Å². The van der Waals surface area contributed by atoms with Gasteiger partial charge in [-0.3, -0.25) is 0 Å². The van der Waals surface area contributed by atoms with Crippen molar-refractivity contribution in [2.75, 3.05) is 14.2 Å². The third kappa shape index (κ3) is 2.23. The van der Waals surface area contributed by atoms with E-state index in [0.29, 0.717) is 21.9 Å². The highest BCUT2D eigenvalue weighted by Crippen LogP contribution is 2.50. The number of ether oxygens (including phenoxy) is 2. The normalized spacial score (nSPS) is 10.4. The molecular formula is C15H15ClO4. The van der Waals surface area contributed by atoms with Gasteiger partial charge in [-0.05, 0) is 30.7 Å². The van der Waals surface area contributed by atoms with Crippen molar-refractivity contribution < 1.29 is 19.7 Å². The highest BCUT2D eigenvalue weighted by molar-refractivity contribution is 6.32. The molecule has 20 heavy (non-hydrogen) atoms. The molecule has 0 aliphatic carbocycles. The van der Waals surface area contributed by atoms with E-state index in [1.165, 1.54) is 32.4 Å². The molecule has 0 aliphatic rings. The SMILES string of the molecule is COc1c(C)ccc(O)c1-c1c(O)ccc(Cl)c1OC. The minimum atomic E-state index is -0.0505. The van der Waals surface area contributed by atoms with Crippen LogP contribution >= 0.6 is 11.6 Å². The first-order valence-corrected chi connectivity index (χ1v) is 6.31. The van der Waals surface area contributed by atoms with E-state index >= 15 is 0 Å². The maximum Gasteiger partial charge on any atom is 0.149 e. The summed E-state index contributed by atoms with van der Waals surface area (Å²) in [6, 6.07) is 6.23. The van der Waals surface area contributed by atoms with Crippen molar-refractivity contribution in [2.45, 2.75) is 6.92 Å². The van der Waals surface area contributed by atoms with Crippen LogP contribution in [0.4, 0.5) is 0 Å². The zero-order valence-corrected chi connectivity index (χ0v) is 12.2. The summed E-state index contributed by atoms with van der Waals surface area (Å²) in [5.74, 6) is 0.667. The monoisotopic (exact) mass is 294 g/mol. The molecule has 0 radical (unpaired) electrons. The van der Waals surface area contributed by atoms with Crippen LogP contribution in [-0.2, 0) is 0 Å². The minimum absolute atomic E-state index is 0.0247. The molecule has 2 aromatic rings. The molecule has 0 aliphatic heterocycles. The fourth-order valence-corrected chi connectivity index (χ4v) is 2.40. The molecule has 0 amide bonds. The van der Waals surface area contributed by atoms with Crippen LogP contribution < -0.4 is 9.47 Å². The van der Waals surface area contributed by atoms with Crippen LogP contribution in [0.3, 0.4) is 0 Å². The number of phenols is 2. The van der Waals surface area contributed by atoms with Gasteiger partial charge in [0.15, 0.2) is 0 Å². The maximum absolute atomic E-state index is 10.1. The van der Waals surface area contributed by atoms with Crippen LogP contribution in [0, 0.1) is 6.92 Å². The Morgan fingerprint density at radius 1 is 0.850 bits per heavy atom. The first-order valence-electron chi connectivity index (χ1n) is 5.93. The highest BCUT2D eigenvalue weighted by atomic mass is 35.5. The Kier molecular flexibility index (Phi) is 3.95. The van der Waals surface area contributed by atoms with Gasteiger partial charge in [-0.1, -0.05) is 17.7 Å². The number of aryl methyl sites for hydroxylation is 1. The average molecular weight is 295 g/mol. The molecule has 5 heteroatoms. The van der Waals surface area contributed by atoms with Crippen LogP contribution in [-0.4, -0.2) is 24.4 Å².